The van der Waals surface area contributed by atoms with Crippen LogP contribution in [0.4, 0.5) is 14.9 Å². The number of carbonyl (C=O) groups is 1. The van der Waals surface area contributed by atoms with E-state index in [-0.39, 0.29) is 11.8 Å². The Morgan fingerprint density at radius 3 is 2.77 bits per heavy atom. The van der Waals surface area contributed by atoms with Crippen LogP contribution < -0.4 is 5.32 Å². The second-order valence-corrected chi connectivity index (χ2v) is 7.59. The number of rotatable bonds is 5. The maximum atomic E-state index is 13.3. The van der Waals surface area contributed by atoms with Crippen LogP contribution in [0, 0.1) is 12.7 Å². The molecule has 7 heteroatoms. The monoisotopic (exact) mass is 408 g/mol. The minimum absolute atomic E-state index is 0.125. The van der Waals surface area contributed by atoms with Crippen molar-refractivity contribution in [3.63, 3.8) is 0 Å². The lowest BCUT2D eigenvalue weighted by atomic mass is 10.1. The zero-order chi connectivity index (χ0) is 21.1. The highest BCUT2D eigenvalue weighted by atomic mass is 19.1. The van der Waals surface area contributed by atoms with Gasteiger partial charge in [-0.05, 0) is 36.8 Å². The fourth-order valence-corrected chi connectivity index (χ4v) is 3.69. The van der Waals surface area contributed by atoms with E-state index in [1.54, 1.807) is 11.0 Å². The minimum Gasteiger partial charge on any atom is -0.370 e. The molecule has 0 aliphatic carbocycles. The Balaban J connectivity index is 1.41. The molecule has 0 unspecified atom stereocenters. The normalized spacial score (nSPS) is 13.2. The zero-order valence-corrected chi connectivity index (χ0v) is 17.2. The second-order valence-electron chi connectivity index (χ2n) is 7.59. The highest BCUT2D eigenvalue weighted by Crippen LogP contribution is 2.24. The summed E-state index contributed by atoms with van der Waals surface area (Å²) in [6.07, 6.45) is 0.740. The highest BCUT2D eigenvalue weighted by Gasteiger charge is 2.26. The summed E-state index contributed by atoms with van der Waals surface area (Å²) in [5.41, 5.74) is 5.67. The van der Waals surface area contributed by atoms with Gasteiger partial charge in [-0.15, -0.1) is 0 Å². The maximum Gasteiger partial charge on any atom is 0.322 e. The maximum absolute atomic E-state index is 13.3. The molecule has 1 aromatic heterocycles. The average Bonchev–Trinajstić information content (AvgIpc) is 3.05. The van der Waals surface area contributed by atoms with Crippen LogP contribution in [-0.4, -0.2) is 27.3 Å². The number of halogens is 1. The molecule has 4 rings (SSSR count). The molecule has 2 heterocycles. The van der Waals surface area contributed by atoms with Crippen LogP contribution in [0.5, 0.6) is 0 Å². The first kappa shape index (κ1) is 20.1. The summed E-state index contributed by atoms with van der Waals surface area (Å²) in [5.74, 6) is -0.276. The summed E-state index contributed by atoms with van der Waals surface area (Å²) < 4.78 is 21.0. The van der Waals surface area contributed by atoms with E-state index in [2.05, 4.69) is 10.4 Å². The van der Waals surface area contributed by atoms with Gasteiger partial charge in [0.2, 0.25) is 0 Å². The largest absolute Gasteiger partial charge is 0.370 e. The lowest BCUT2D eigenvalue weighted by Crippen LogP contribution is -2.39. The van der Waals surface area contributed by atoms with Crippen molar-refractivity contribution in [3.05, 3.63) is 82.4 Å². The van der Waals surface area contributed by atoms with E-state index in [0.717, 1.165) is 40.2 Å². The summed E-state index contributed by atoms with van der Waals surface area (Å²) in [6.45, 7) is 3.75. The Morgan fingerprint density at radius 1 is 1.20 bits per heavy atom. The quantitative estimate of drug-likeness (QED) is 0.689. The van der Waals surface area contributed by atoms with E-state index >= 15 is 0 Å². The first-order valence-corrected chi connectivity index (χ1v) is 9.98. The Labute approximate surface area is 175 Å². The highest BCUT2D eigenvalue weighted by molar-refractivity contribution is 5.89. The number of anilines is 1. The first-order valence-electron chi connectivity index (χ1n) is 9.98. The lowest BCUT2D eigenvalue weighted by molar-refractivity contribution is 0.103. The number of fused-ring (bicyclic) bond motifs is 1. The van der Waals surface area contributed by atoms with Crippen molar-refractivity contribution >= 4 is 11.7 Å². The first-order chi connectivity index (χ1) is 14.5. The fraction of sp³-hybridized carbons (Fsp3) is 0.304. The number of ether oxygens (including phenoxy) is 1. The van der Waals surface area contributed by atoms with Crippen LogP contribution in [0.2, 0.25) is 0 Å². The van der Waals surface area contributed by atoms with E-state index in [9.17, 15) is 9.18 Å². The number of nitrogens with zero attached hydrogens (tertiary/aromatic N) is 3. The van der Waals surface area contributed by atoms with Crippen molar-refractivity contribution < 1.29 is 13.9 Å². The predicted octanol–water partition coefficient (Wildman–Crippen LogP) is 4.17. The van der Waals surface area contributed by atoms with Crippen molar-refractivity contribution in [2.75, 3.05) is 11.9 Å². The van der Waals surface area contributed by atoms with E-state index < -0.39 is 0 Å². The van der Waals surface area contributed by atoms with Crippen LogP contribution in [0.3, 0.4) is 0 Å². The fourth-order valence-electron chi connectivity index (χ4n) is 3.69. The predicted molar refractivity (Wildman–Crippen MR) is 112 cm³/mol. The molecule has 1 aliphatic rings. The molecule has 3 aromatic rings. The van der Waals surface area contributed by atoms with E-state index in [0.29, 0.717) is 26.3 Å². The number of hydrogen-bond donors (Lipinski definition) is 1. The van der Waals surface area contributed by atoms with Gasteiger partial charge in [0.1, 0.15) is 5.82 Å². The van der Waals surface area contributed by atoms with Crippen LogP contribution in [0.15, 0.2) is 48.5 Å². The molecule has 30 heavy (non-hydrogen) atoms. The van der Waals surface area contributed by atoms with Crippen molar-refractivity contribution in [1.29, 1.82) is 0 Å². The van der Waals surface area contributed by atoms with Crippen molar-refractivity contribution in [3.8, 4) is 0 Å². The van der Waals surface area contributed by atoms with Gasteiger partial charge >= 0.3 is 6.03 Å². The van der Waals surface area contributed by atoms with Gasteiger partial charge in [-0.2, -0.15) is 5.10 Å². The summed E-state index contributed by atoms with van der Waals surface area (Å²) in [5, 5.41) is 7.55. The zero-order valence-electron chi connectivity index (χ0n) is 17.2. The number of carbonyl (C=O) groups excluding carboxylic acids is 1. The van der Waals surface area contributed by atoms with Crippen LogP contribution in [0.25, 0.3) is 0 Å². The summed E-state index contributed by atoms with van der Waals surface area (Å²) in [7, 11) is 1.91. The SMILES string of the molecule is Cc1ccc(NC(=O)N2CCc3c(c(COCc4cccc(F)c4)nn3C)C2)cc1. The van der Waals surface area contributed by atoms with Crippen molar-refractivity contribution in [2.24, 2.45) is 7.05 Å². The molecule has 0 fully saturated rings. The number of nitrogens with one attached hydrogen (secondary N) is 1. The van der Waals surface area contributed by atoms with Crippen LogP contribution in [0.1, 0.15) is 28.1 Å². The van der Waals surface area contributed by atoms with Gasteiger partial charge in [0.15, 0.2) is 0 Å². The van der Waals surface area contributed by atoms with E-state index in [1.165, 1.54) is 12.1 Å². The number of hydrogen-bond acceptors (Lipinski definition) is 3. The summed E-state index contributed by atoms with van der Waals surface area (Å²) in [6, 6.07) is 14.0. The Kier molecular flexibility index (Phi) is 5.81. The molecule has 0 saturated carbocycles. The molecule has 1 N–H and O–H groups in total. The average molecular weight is 408 g/mol. The molecule has 2 amide bonds. The Bertz CT molecular complexity index is 1050. The number of urea groups is 1. The smallest absolute Gasteiger partial charge is 0.322 e. The van der Waals surface area contributed by atoms with Gasteiger partial charge in [-0.25, -0.2) is 9.18 Å². The Morgan fingerprint density at radius 2 is 2.00 bits per heavy atom. The third kappa shape index (κ3) is 4.52. The van der Waals surface area contributed by atoms with E-state index in [1.807, 2.05) is 49.0 Å². The van der Waals surface area contributed by atoms with Gasteiger partial charge in [0, 0.05) is 37.0 Å². The topological polar surface area (TPSA) is 59.4 Å². The number of amides is 2. The van der Waals surface area contributed by atoms with Crippen LogP contribution in [-0.2, 0) is 38.0 Å². The number of aromatic nitrogens is 2. The van der Waals surface area contributed by atoms with Gasteiger partial charge in [0.25, 0.3) is 0 Å². The molecule has 6 nitrogen and oxygen atoms in total. The molecule has 156 valence electrons. The minimum atomic E-state index is -0.276. The third-order valence-corrected chi connectivity index (χ3v) is 5.31. The third-order valence-electron chi connectivity index (χ3n) is 5.31. The molecule has 0 atom stereocenters. The molecule has 0 bridgehead atoms. The lowest BCUT2D eigenvalue weighted by Gasteiger charge is -2.28. The molecular formula is C23H25FN4O2. The number of benzene rings is 2. The van der Waals surface area contributed by atoms with Crippen LogP contribution >= 0.6 is 0 Å². The molecule has 0 spiro atoms. The molecule has 1 aliphatic heterocycles. The van der Waals surface area contributed by atoms with Gasteiger partial charge < -0.3 is 15.0 Å². The van der Waals surface area contributed by atoms with Gasteiger partial charge in [0.05, 0.1) is 25.5 Å². The van der Waals surface area contributed by atoms with E-state index in [4.69, 9.17) is 4.74 Å². The Hall–Kier alpha value is -3.19. The van der Waals surface area contributed by atoms with Gasteiger partial charge in [-0.3, -0.25) is 4.68 Å². The summed E-state index contributed by atoms with van der Waals surface area (Å²) in [4.78, 5) is 14.5. The van der Waals surface area contributed by atoms with Crippen molar-refractivity contribution in [2.45, 2.75) is 33.1 Å². The van der Waals surface area contributed by atoms with Gasteiger partial charge in [-0.1, -0.05) is 29.8 Å². The van der Waals surface area contributed by atoms with Crippen molar-refractivity contribution in [1.82, 2.24) is 14.7 Å². The number of aryl methyl sites for hydroxylation is 2. The summed E-state index contributed by atoms with van der Waals surface area (Å²) >= 11 is 0. The standard InChI is InChI=1S/C23H25FN4O2/c1-16-6-8-19(9-7-16)25-23(29)28-11-10-22-20(13-28)21(26-27(22)2)15-30-14-17-4-3-5-18(24)12-17/h3-9,12H,10-11,13-15H2,1-2H3,(H,25,29). The molecule has 0 radical (unpaired) electrons. The second kappa shape index (κ2) is 8.67. The molecule has 0 saturated heterocycles. The molecular weight excluding hydrogens is 383 g/mol. The molecule has 2 aromatic carbocycles.